The first kappa shape index (κ1) is 14.5. The number of nitro groups is 1. The number of carbonyl (C=O) groups is 1. The maximum absolute atomic E-state index is 11.3. The standard InChI is InChI=1S/C14H18N2O4/c1-3-12-9-15(6-7-20-12)13-5-4-11(10(2)17)8-14(13)16(18)19/h4-5,8,12H,3,6-7,9H2,1-2H3. The Balaban J connectivity index is 2.35. The van der Waals surface area contributed by atoms with Gasteiger partial charge in [0.15, 0.2) is 5.78 Å². The number of morpholine rings is 1. The molecular formula is C14H18N2O4. The number of carbonyl (C=O) groups excluding carboxylic acids is 1. The van der Waals surface area contributed by atoms with Crippen molar-refractivity contribution in [3.63, 3.8) is 0 Å². The van der Waals surface area contributed by atoms with Crippen LogP contribution >= 0.6 is 0 Å². The van der Waals surface area contributed by atoms with E-state index in [0.717, 1.165) is 6.42 Å². The van der Waals surface area contributed by atoms with Crippen LogP contribution in [0.3, 0.4) is 0 Å². The van der Waals surface area contributed by atoms with Crippen molar-refractivity contribution in [2.75, 3.05) is 24.6 Å². The minimum Gasteiger partial charge on any atom is -0.375 e. The van der Waals surface area contributed by atoms with Crippen LogP contribution in [0.2, 0.25) is 0 Å². The summed E-state index contributed by atoms with van der Waals surface area (Å²) in [5.41, 5.74) is 0.900. The number of ether oxygens (including phenoxy) is 1. The Hall–Kier alpha value is -1.95. The second kappa shape index (κ2) is 6.00. The molecule has 1 atom stereocenters. The Morgan fingerprint density at radius 1 is 1.55 bits per heavy atom. The molecule has 1 aromatic rings. The first-order chi connectivity index (χ1) is 9.52. The summed E-state index contributed by atoms with van der Waals surface area (Å²) in [6, 6.07) is 4.65. The maximum Gasteiger partial charge on any atom is 0.293 e. The van der Waals surface area contributed by atoms with Gasteiger partial charge >= 0.3 is 0 Å². The van der Waals surface area contributed by atoms with E-state index in [0.29, 0.717) is 30.9 Å². The molecule has 108 valence electrons. The molecule has 0 aromatic heterocycles. The van der Waals surface area contributed by atoms with Crippen molar-refractivity contribution < 1.29 is 14.5 Å². The van der Waals surface area contributed by atoms with E-state index in [2.05, 4.69) is 0 Å². The molecule has 1 unspecified atom stereocenters. The zero-order valence-electron chi connectivity index (χ0n) is 11.7. The molecule has 0 radical (unpaired) electrons. The molecule has 0 saturated carbocycles. The summed E-state index contributed by atoms with van der Waals surface area (Å²) in [6.07, 6.45) is 0.964. The highest BCUT2D eigenvalue weighted by Crippen LogP contribution is 2.31. The smallest absolute Gasteiger partial charge is 0.293 e. The van der Waals surface area contributed by atoms with Crippen LogP contribution in [0, 0.1) is 10.1 Å². The van der Waals surface area contributed by atoms with Crippen LogP contribution in [-0.4, -0.2) is 36.5 Å². The molecular weight excluding hydrogens is 260 g/mol. The van der Waals surface area contributed by atoms with E-state index in [4.69, 9.17) is 4.74 Å². The second-order valence-electron chi connectivity index (χ2n) is 4.86. The Bertz CT molecular complexity index is 530. The first-order valence-electron chi connectivity index (χ1n) is 6.68. The lowest BCUT2D eigenvalue weighted by Crippen LogP contribution is -2.42. The van der Waals surface area contributed by atoms with Crippen molar-refractivity contribution in [2.45, 2.75) is 26.4 Å². The summed E-state index contributed by atoms with van der Waals surface area (Å²) < 4.78 is 5.58. The molecule has 1 heterocycles. The van der Waals surface area contributed by atoms with Gasteiger partial charge in [-0.2, -0.15) is 0 Å². The van der Waals surface area contributed by atoms with Crippen molar-refractivity contribution >= 4 is 17.2 Å². The molecule has 0 bridgehead atoms. The van der Waals surface area contributed by atoms with Crippen molar-refractivity contribution in [3.8, 4) is 0 Å². The highest BCUT2D eigenvalue weighted by molar-refractivity contribution is 5.95. The van der Waals surface area contributed by atoms with Gasteiger partial charge in [0.25, 0.3) is 5.69 Å². The van der Waals surface area contributed by atoms with Gasteiger partial charge in [0, 0.05) is 24.7 Å². The topological polar surface area (TPSA) is 72.7 Å². The molecule has 1 aromatic carbocycles. The molecule has 0 spiro atoms. The molecule has 0 aliphatic carbocycles. The van der Waals surface area contributed by atoms with Crippen LogP contribution in [0.1, 0.15) is 30.6 Å². The summed E-state index contributed by atoms with van der Waals surface area (Å²) in [5.74, 6) is -0.173. The summed E-state index contributed by atoms with van der Waals surface area (Å²) in [6.45, 7) is 5.25. The number of anilines is 1. The third-order valence-corrected chi connectivity index (χ3v) is 3.51. The first-order valence-corrected chi connectivity index (χ1v) is 6.68. The van der Waals surface area contributed by atoms with Crippen LogP contribution in [0.4, 0.5) is 11.4 Å². The molecule has 1 aliphatic heterocycles. The molecule has 6 nitrogen and oxygen atoms in total. The average Bonchev–Trinajstić information content (AvgIpc) is 2.46. The zero-order chi connectivity index (χ0) is 14.7. The molecule has 2 rings (SSSR count). The van der Waals surface area contributed by atoms with E-state index in [-0.39, 0.29) is 17.6 Å². The lowest BCUT2D eigenvalue weighted by Gasteiger charge is -2.33. The number of hydrogen-bond donors (Lipinski definition) is 0. The SMILES string of the molecule is CCC1CN(c2ccc(C(C)=O)cc2[N+](=O)[O-])CCO1. The third-order valence-electron chi connectivity index (χ3n) is 3.51. The van der Waals surface area contributed by atoms with E-state index in [1.54, 1.807) is 12.1 Å². The Labute approximate surface area is 117 Å². The molecule has 20 heavy (non-hydrogen) atoms. The third kappa shape index (κ3) is 2.96. The van der Waals surface area contributed by atoms with Gasteiger partial charge in [-0.05, 0) is 25.5 Å². The summed E-state index contributed by atoms with van der Waals surface area (Å²) >= 11 is 0. The predicted molar refractivity (Wildman–Crippen MR) is 75.3 cm³/mol. The van der Waals surface area contributed by atoms with Gasteiger partial charge in [-0.3, -0.25) is 14.9 Å². The van der Waals surface area contributed by atoms with Crippen molar-refractivity contribution in [1.29, 1.82) is 0 Å². The van der Waals surface area contributed by atoms with Crippen LogP contribution in [0.25, 0.3) is 0 Å². The van der Waals surface area contributed by atoms with Gasteiger partial charge in [0.1, 0.15) is 5.69 Å². The van der Waals surface area contributed by atoms with Gasteiger partial charge < -0.3 is 9.64 Å². The summed E-state index contributed by atoms with van der Waals surface area (Å²) in [7, 11) is 0. The van der Waals surface area contributed by atoms with Crippen molar-refractivity contribution in [2.24, 2.45) is 0 Å². The normalized spacial score (nSPS) is 18.9. The molecule has 1 saturated heterocycles. The number of hydrogen-bond acceptors (Lipinski definition) is 5. The number of rotatable bonds is 4. The zero-order valence-corrected chi connectivity index (χ0v) is 11.7. The lowest BCUT2D eigenvalue weighted by molar-refractivity contribution is -0.384. The number of nitro benzene ring substituents is 1. The largest absolute Gasteiger partial charge is 0.375 e. The average molecular weight is 278 g/mol. The van der Waals surface area contributed by atoms with Crippen LogP contribution in [0.5, 0.6) is 0 Å². The summed E-state index contributed by atoms with van der Waals surface area (Å²) in [5, 5.41) is 11.2. The Kier molecular flexibility index (Phi) is 4.34. The van der Waals surface area contributed by atoms with E-state index in [9.17, 15) is 14.9 Å². The molecule has 0 amide bonds. The van der Waals surface area contributed by atoms with E-state index in [1.165, 1.54) is 13.0 Å². The van der Waals surface area contributed by atoms with Crippen LogP contribution < -0.4 is 4.90 Å². The fourth-order valence-corrected chi connectivity index (χ4v) is 2.34. The van der Waals surface area contributed by atoms with Gasteiger partial charge in [-0.25, -0.2) is 0 Å². The molecule has 1 fully saturated rings. The van der Waals surface area contributed by atoms with Gasteiger partial charge in [-0.15, -0.1) is 0 Å². The number of Topliss-reactive ketones (excluding diaryl/α,β-unsaturated/α-hetero) is 1. The van der Waals surface area contributed by atoms with Crippen LogP contribution in [-0.2, 0) is 4.74 Å². The molecule has 6 heteroatoms. The van der Waals surface area contributed by atoms with Gasteiger partial charge in [-0.1, -0.05) is 6.92 Å². The van der Waals surface area contributed by atoms with E-state index >= 15 is 0 Å². The van der Waals surface area contributed by atoms with Crippen molar-refractivity contribution in [3.05, 3.63) is 33.9 Å². The summed E-state index contributed by atoms with van der Waals surface area (Å²) in [4.78, 5) is 24.1. The minimum absolute atomic E-state index is 0.0190. The lowest BCUT2D eigenvalue weighted by atomic mass is 10.1. The number of benzene rings is 1. The minimum atomic E-state index is -0.432. The van der Waals surface area contributed by atoms with Gasteiger partial charge in [0.2, 0.25) is 0 Å². The van der Waals surface area contributed by atoms with Crippen molar-refractivity contribution in [1.82, 2.24) is 0 Å². The predicted octanol–water partition coefficient (Wildman–Crippen LogP) is 2.41. The molecule has 0 N–H and O–H groups in total. The Morgan fingerprint density at radius 3 is 2.90 bits per heavy atom. The van der Waals surface area contributed by atoms with Crippen LogP contribution in [0.15, 0.2) is 18.2 Å². The number of ketones is 1. The highest BCUT2D eigenvalue weighted by Gasteiger charge is 2.25. The van der Waals surface area contributed by atoms with E-state index < -0.39 is 4.92 Å². The quantitative estimate of drug-likeness (QED) is 0.480. The van der Waals surface area contributed by atoms with Gasteiger partial charge in [0.05, 0.1) is 17.6 Å². The monoisotopic (exact) mass is 278 g/mol. The maximum atomic E-state index is 11.3. The second-order valence-corrected chi connectivity index (χ2v) is 4.86. The number of nitrogens with zero attached hydrogens (tertiary/aromatic N) is 2. The fourth-order valence-electron chi connectivity index (χ4n) is 2.34. The Morgan fingerprint density at radius 2 is 2.30 bits per heavy atom. The highest BCUT2D eigenvalue weighted by atomic mass is 16.6. The van der Waals surface area contributed by atoms with E-state index in [1.807, 2.05) is 11.8 Å². The fraction of sp³-hybridized carbons (Fsp3) is 0.500. The molecule has 1 aliphatic rings.